The Kier molecular flexibility index (Phi) is 4.59. The van der Waals surface area contributed by atoms with E-state index in [1.165, 1.54) is 0 Å². The van der Waals surface area contributed by atoms with Crippen LogP contribution in [0.4, 0.5) is 5.69 Å². The van der Waals surface area contributed by atoms with Gasteiger partial charge in [-0.2, -0.15) is 5.10 Å². The Bertz CT molecular complexity index is 622. The summed E-state index contributed by atoms with van der Waals surface area (Å²) < 4.78 is 1.57. The third kappa shape index (κ3) is 3.82. The fourth-order valence-electron chi connectivity index (χ4n) is 2.14. The smallest absolute Gasteiger partial charge is 0.271 e. The first-order valence-electron chi connectivity index (χ1n) is 6.87. The summed E-state index contributed by atoms with van der Waals surface area (Å²) in [7, 11) is 0. The summed E-state index contributed by atoms with van der Waals surface area (Å²) in [6.45, 7) is 3.53. The number of anilines is 1. The Morgan fingerprint density at radius 1 is 1.38 bits per heavy atom. The zero-order valence-electron chi connectivity index (χ0n) is 12.2. The second-order valence-corrected chi connectivity index (χ2v) is 5.16. The zero-order valence-corrected chi connectivity index (χ0v) is 12.2. The maximum absolute atomic E-state index is 12.1. The average Bonchev–Trinajstić information content (AvgIpc) is 2.87. The normalized spacial score (nSPS) is 13.7. The number of carbonyl (C=O) groups excluding carboxylic acids is 1. The number of hydrogen-bond donors (Lipinski definition) is 3. The quantitative estimate of drug-likeness (QED) is 0.724. The predicted octanol–water partition coefficient (Wildman–Crippen LogP) is 1.34. The van der Waals surface area contributed by atoms with E-state index in [0.29, 0.717) is 17.8 Å². The number of rotatable bonds is 5. The maximum atomic E-state index is 12.1. The van der Waals surface area contributed by atoms with E-state index < -0.39 is 6.10 Å². The number of nitrogens with two attached hydrogens (primary N) is 1. The van der Waals surface area contributed by atoms with Crippen LogP contribution in [-0.2, 0) is 0 Å². The van der Waals surface area contributed by atoms with Crippen LogP contribution in [0, 0.1) is 0 Å². The number of aliphatic hydroxyl groups excluding tert-OH is 1. The van der Waals surface area contributed by atoms with Crippen molar-refractivity contribution in [2.45, 2.75) is 32.4 Å². The third-order valence-corrected chi connectivity index (χ3v) is 3.08. The molecule has 2 unspecified atom stereocenters. The zero-order chi connectivity index (χ0) is 15.4. The van der Waals surface area contributed by atoms with Gasteiger partial charge in [-0.3, -0.25) is 4.79 Å². The molecule has 0 saturated heterocycles. The van der Waals surface area contributed by atoms with Crippen molar-refractivity contribution in [2.24, 2.45) is 0 Å². The van der Waals surface area contributed by atoms with Gasteiger partial charge in [0.25, 0.3) is 5.91 Å². The minimum atomic E-state index is -0.457. The predicted molar refractivity (Wildman–Crippen MR) is 81.2 cm³/mol. The Balaban J connectivity index is 2.10. The van der Waals surface area contributed by atoms with Crippen LogP contribution in [0.3, 0.4) is 0 Å². The number of nitrogen functional groups attached to an aromatic ring is 1. The standard InChI is InChI=1S/C15H20N4O2/c1-10(9-11(2)20)17-15(21)13-7-8-19(18-13)14-6-4-3-5-12(14)16/h3-8,10-11,20H,9,16H2,1-2H3,(H,17,21). The highest BCUT2D eigenvalue weighted by Gasteiger charge is 2.14. The van der Waals surface area contributed by atoms with Gasteiger partial charge in [0.05, 0.1) is 17.5 Å². The fraction of sp³-hybridized carbons (Fsp3) is 0.333. The highest BCUT2D eigenvalue weighted by atomic mass is 16.3. The van der Waals surface area contributed by atoms with Crippen molar-refractivity contribution in [3.63, 3.8) is 0 Å². The highest BCUT2D eigenvalue weighted by Crippen LogP contribution is 2.15. The molecule has 2 aromatic rings. The van der Waals surface area contributed by atoms with E-state index >= 15 is 0 Å². The molecule has 1 heterocycles. The van der Waals surface area contributed by atoms with Crippen LogP contribution in [0.5, 0.6) is 0 Å². The van der Waals surface area contributed by atoms with Gasteiger partial charge in [0.15, 0.2) is 5.69 Å². The van der Waals surface area contributed by atoms with Crippen molar-refractivity contribution >= 4 is 11.6 Å². The second-order valence-electron chi connectivity index (χ2n) is 5.16. The molecule has 6 heteroatoms. The molecule has 0 bridgehead atoms. The number of carbonyl (C=O) groups is 1. The molecule has 21 heavy (non-hydrogen) atoms. The summed E-state index contributed by atoms with van der Waals surface area (Å²) in [6.07, 6.45) is 1.74. The van der Waals surface area contributed by atoms with Gasteiger partial charge in [0, 0.05) is 12.2 Å². The SMILES string of the molecule is CC(O)CC(C)NC(=O)c1ccn(-c2ccccc2N)n1. The summed E-state index contributed by atoms with van der Waals surface area (Å²) in [4.78, 5) is 12.1. The van der Waals surface area contributed by atoms with Crippen molar-refractivity contribution in [3.8, 4) is 5.69 Å². The van der Waals surface area contributed by atoms with Gasteiger partial charge >= 0.3 is 0 Å². The third-order valence-electron chi connectivity index (χ3n) is 3.08. The molecule has 6 nitrogen and oxygen atoms in total. The lowest BCUT2D eigenvalue weighted by Gasteiger charge is -2.14. The van der Waals surface area contributed by atoms with Crippen LogP contribution in [0.15, 0.2) is 36.5 Å². The number of nitrogens with one attached hydrogen (secondary N) is 1. The molecule has 112 valence electrons. The molecule has 2 rings (SSSR count). The first-order valence-corrected chi connectivity index (χ1v) is 6.87. The Morgan fingerprint density at radius 3 is 2.76 bits per heavy atom. The molecular weight excluding hydrogens is 268 g/mol. The second kappa shape index (κ2) is 6.41. The summed E-state index contributed by atoms with van der Waals surface area (Å²) in [5.74, 6) is -0.267. The monoisotopic (exact) mass is 288 g/mol. The summed E-state index contributed by atoms with van der Waals surface area (Å²) in [5, 5.41) is 16.3. The Morgan fingerprint density at radius 2 is 2.10 bits per heavy atom. The van der Waals surface area contributed by atoms with E-state index in [1.54, 1.807) is 29.9 Å². The molecule has 0 radical (unpaired) electrons. The number of aromatic nitrogens is 2. The minimum Gasteiger partial charge on any atom is -0.397 e. The molecular formula is C15H20N4O2. The summed E-state index contributed by atoms with van der Waals surface area (Å²) in [6, 6.07) is 8.83. The van der Waals surface area contributed by atoms with E-state index in [9.17, 15) is 9.90 Å². The van der Waals surface area contributed by atoms with Gasteiger partial charge < -0.3 is 16.2 Å². The van der Waals surface area contributed by atoms with E-state index in [0.717, 1.165) is 5.69 Å². The van der Waals surface area contributed by atoms with E-state index in [-0.39, 0.29) is 11.9 Å². The van der Waals surface area contributed by atoms with Crippen molar-refractivity contribution < 1.29 is 9.90 Å². The van der Waals surface area contributed by atoms with Gasteiger partial charge in [-0.15, -0.1) is 0 Å². The van der Waals surface area contributed by atoms with Crippen LogP contribution >= 0.6 is 0 Å². The number of nitrogens with zero attached hydrogens (tertiary/aromatic N) is 2. The molecule has 0 spiro atoms. The highest BCUT2D eigenvalue weighted by molar-refractivity contribution is 5.92. The molecule has 0 fully saturated rings. The molecule has 0 aliphatic rings. The van der Waals surface area contributed by atoms with E-state index in [4.69, 9.17) is 5.73 Å². The summed E-state index contributed by atoms with van der Waals surface area (Å²) >= 11 is 0. The minimum absolute atomic E-state index is 0.121. The van der Waals surface area contributed by atoms with Gasteiger partial charge in [-0.05, 0) is 38.5 Å². The van der Waals surface area contributed by atoms with Gasteiger partial charge in [0.2, 0.25) is 0 Å². The van der Waals surface area contributed by atoms with Crippen LogP contribution in [0.25, 0.3) is 5.69 Å². The van der Waals surface area contributed by atoms with E-state index in [1.807, 2.05) is 25.1 Å². The van der Waals surface area contributed by atoms with Crippen molar-refractivity contribution in [1.29, 1.82) is 0 Å². The number of para-hydroxylation sites is 2. The van der Waals surface area contributed by atoms with Crippen LogP contribution in [0.1, 0.15) is 30.8 Å². The summed E-state index contributed by atoms with van der Waals surface area (Å²) in [5.41, 5.74) is 7.52. The van der Waals surface area contributed by atoms with Crippen molar-refractivity contribution in [3.05, 3.63) is 42.2 Å². The molecule has 1 aromatic carbocycles. The lowest BCUT2D eigenvalue weighted by molar-refractivity contribution is 0.0917. The number of aliphatic hydroxyl groups is 1. The van der Waals surface area contributed by atoms with Gasteiger partial charge in [0.1, 0.15) is 0 Å². The van der Waals surface area contributed by atoms with Crippen LogP contribution in [0.2, 0.25) is 0 Å². The molecule has 0 saturated carbocycles. The topological polar surface area (TPSA) is 93.2 Å². The first kappa shape index (κ1) is 15.1. The molecule has 0 aliphatic heterocycles. The number of benzene rings is 1. The lowest BCUT2D eigenvalue weighted by Crippen LogP contribution is -2.34. The van der Waals surface area contributed by atoms with Gasteiger partial charge in [-0.1, -0.05) is 12.1 Å². The Hall–Kier alpha value is -2.34. The van der Waals surface area contributed by atoms with Crippen LogP contribution in [-0.4, -0.2) is 32.9 Å². The van der Waals surface area contributed by atoms with E-state index in [2.05, 4.69) is 10.4 Å². The van der Waals surface area contributed by atoms with Crippen molar-refractivity contribution in [1.82, 2.24) is 15.1 Å². The fourth-order valence-corrected chi connectivity index (χ4v) is 2.14. The molecule has 2 atom stereocenters. The molecule has 4 N–H and O–H groups in total. The number of hydrogen-bond acceptors (Lipinski definition) is 4. The molecule has 0 aliphatic carbocycles. The Labute approximate surface area is 123 Å². The van der Waals surface area contributed by atoms with Crippen molar-refractivity contribution in [2.75, 3.05) is 5.73 Å². The maximum Gasteiger partial charge on any atom is 0.271 e. The lowest BCUT2D eigenvalue weighted by atomic mass is 10.1. The largest absolute Gasteiger partial charge is 0.397 e. The number of amides is 1. The van der Waals surface area contributed by atoms with Crippen LogP contribution < -0.4 is 11.1 Å². The first-order chi connectivity index (χ1) is 9.97. The average molecular weight is 288 g/mol. The molecule has 1 aromatic heterocycles. The molecule has 1 amide bonds. The van der Waals surface area contributed by atoms with Gasteiger partial charge in [-0.25, -0.2) is 4.68 Å².